The van der Waals surface area contributed by atoms with Crippen LogP contribution in [0.2, 0.25) is 5.02 Å². The molecule has 0 spiro atoms. The summed E-state index contributed by atoms with van der Waals surface area (Å²) in [6, 6.07) is 9.74. The third-order valence-corrected chi connectivity index (χ3v) is 4.25. The maximum Gasteiger partial charge on any atom is 0.260 e. The molecular weight excluding hydrogens is 314 g/mol. The molecule has 23 heavy (non-hydrogen) atoms. The Labute approximate surface area is 139 Å². The summed E-state index contributed by atoms with van der Waals surface area (Å²) in [6.45, 7) is 4.72. The lowest BCUT2D eigenvalue weighted by molar-refractivity contribution is 0.0745. The highest BCUT2D eigenvalue weighted by Gasteiger charge is 2.24. The average Bonchev–Trinajstić information content (AvgIpc) is 2.56. The highest BCUT2D eigenvalue weighted by Crippen LogP contribution is 2.18. The predicted molar refractivity (Wildman–Crippen MR) is 91.4 cm³/mol. The number of aryl methyl sites for hydroxylation is 1. The second-order valence-electron chi connectivity index (χ2n) is 5.68. The molecule has 1 aromatic carbocycles. The van der Waals surface area contributed by atoms with Crippen LogP contribution in [0.5, 0.6) is 0 Å². The van der Waals surface area contributed by atoms with Crippen molar-refractivity contribution in [2.75, 3.05) is 31.1 Å². The van der Waals surface area contributed by atoms with E-state index < -0.39 is 5.56 Å². The zero-order chi connectivity index (χ0) is 16.4. The number of pyridine rings is 1. The quantitative estimate of drug-likeness (QED) is 0.918. The van der Waals surface area contributed by atoms with E-state index in [0.717, 1.165) is 18.8 Å². The maximum absolute atomic E-state index is 12.5. The van der Waals surface area contributed by atoms with Gasteiger partial charge in [-0.15, -0.1) is 0 Å². The molecule has 0 radical (unpaired) electrons. The Bertz CT molecular complexity index is 779. The summed E-state index contributed by atoms with van der Waals surface area (Å²) < 4.78 is 0. The molecule has 1 aromatic heterocycles. The predicted octanol–water partition coefficient (Wildman–Crippen LogP) is 2.30. The van der Waals surface area contributed by atoms with E-state index in [1.807, 2.05) is 6.07 Å². The number of aromatic nitrogens is 1. The number of benzene rings is 1. The molecule has 6 heteroatoms. The molecule has 1 aliphatic rings. The maximum atomic E-state index is 12.5. The Morgan fingerprint density at radius 1 is 1.17 bits per heavy atom. The number of anilines is 1. The van der Waals surface area contributed by atoms with E-state index in [2.05, 4.69) is 35.0 Å². The van der Waals surface area contributed by atoms with Gasteiger partial charge in [-0.1, -0.05) is 23.7 Å². The Hall–Kier alpha value is -2.27. The number of carbonyl (C=O) groups excluding carboxylic acids is 1. The van der Waals surface area contributed by atoms with Crippen LogP contribution in [0.4, 0.5) is 5.69 Å². The molecule has 0 saturated carbocycles. The molecule has 5 nitrogen and oxygen atoms in total. The largest absolute Gasteiger partial charge is 0.368 e. The van der Waals surface area contributed by atoms with Gasteiger partial charge in [0.05, 0.1) is 5.02 Å². The molecule has 0 unspecified atom stereocenters. The third-order valence-electron chi connectivity index (χ3n) is 4.03. The number of hydrogen-bond acceptors (Lipinski definition) is 3. The minimum Gasteiger partial charge on any atom is -0.368 e. The van der Waals surface area contributed by atoms with Gasteiger partial charge in [0.15, 0.2) is 0 Å². The smallest absolute Gasteiger partial charge is 0.260 e. The van der Waals surface area contributed by atoms with Crippen molar-refractivity contribution in [1.29, 1.82) is 0 Å². The van der Waals surface area contributed by atoms with Crippen LogP contribution in [0.25, 0.3) is 0 Å². The molecule has 0 aliphatic carbocycles. The summed E-state index contributed by atoms with van der Waals surface area (Å²) in [4.78, 5) is 30.7. The minimum atomic E-state index is -0.402. The third kappa shape index (κ3) is 3.40. The molecule has 120 valence electrons. The Kier molecular flexibility index (Phi) is 4.39. The van der Waals surface area contributed by atoms with Gasteiger partial charge in [0.2, 0.25) is 0 Å². The van der Waals surface area contributed by atoms with Gasteiger partial charge in [-0.2, -0.15) is 0 Å². The van der Waals surface area contributed by atoms with Crippen LogP contribution in [0.3, 0.4) is 0 Å². The van der Waals surface area contributed by atoms with Crippen LogP contribution in [0, 0.1) is 6.92 Å². The highest BCUT2D eigenvalue weighted by atomic mass is 35.5. The first-order chi connectivity index (χ1) is 11.0. The normalized spacial score (nSPS) is 14.9. The summed E-state index contributed by atoms with van der Waals surface area (Å²) in [7, 11) is 0. The highest BCUT2D eigenvalue weighted by molar-refractivity contribution is 6.30. The van der Waals surface area contributed by atoms with E-state index in [1.165, 1.54) is 17.8 Å². The fourth-order valence-electron chi connectivity index (χ4n) is 2.78. The molecule has 1 amide bonds. The van der Waals surface area contributed by atoms with Crippen LogP contribution < -0.4 is 10.5 Å². The van der Waals surface area contributed by atoms with E-state index >= 15 is 0 Å². The van der Waals surface area contributed by atoms with Gasteiger partial charge in [-0.3, -0.25) is 9.59 Å². The Balaban J connectivity index is 1.70. The van der Waals surface area contributed by atoms with E-state index in [1.54, 1.807) is 4.90 Å². The lowest BCUT2D eigenvalue weighted by atomic mass is 10.1. The molecule has 2 aromatic rings. The second kappa shape index (κ2) is 6.46. The monoisotopic (exact) mass is 331 g/mol. The number of nitrogens with zero attached hydrogens (tertiary/aromatic N) is 2. The van der Waals surface area contributed by atoms with Crippen molar-refractivity contribution in [3.05, 3.63) is 63.0 Å². The van der Waals surface area contributed by atoms with Crippen molar-refractivity contribution in [3.8, 4) is 0 Å². The first kappa shape index (κ1) is 15.6. The zero-order valence-electron chi connectivity index (χ0n) is 12.9. The number of H-pyrrole nitrogens is 1. The number of amides is 1. The Morgan fingerprint density at radius 2 is 1.91 bits per heavy atom. The van der Waals surface area contributed by atoms with Crippen molar-refractivity contribution in [2.24, 2.45) is 0 Å². The van der Waals surface area contributed by atoms with Gasteiger partial charge in [0.25, 0.3) is 11.5 Å². The lowest BCUT2D eigenvalue weighted by Crippen LogP contribution is -2.49. The lowest BCUT2D eigenvalue weighted by Gasteiger charge is -2.36. The molecule has 3 rings (SSSR count). The van der Waals surface area contributed by atoms with E-state index in [9.17, 15) is 9.59 Å². The number of hydrogen-bond donors (Lipinski definition) is 1. The van der Waals surface area contributed by atoms with Crippen molar-refractivity contribution in [3.63, 3.8) is 0 Å². The summed E-state index contributed by atoms with van der Waals surface area (Å²) in [5, 5.41) is 0.353. The molecule has 0 atom stereocenters. The number of piperazine rings is 1. The number of rotatable bonds is 2. The molecular formula is C17H18ClN3O2. The molecule has 1 fully saturated rings. The molecule has 2 heterocycles. The fraction of sp³-hybridized carbons (Fsp3) is 0.294. The molecule has 0 bridgehead atoms. The SMILES string of the molecule is Cc1cccc(N2CCN(C(=O)c3cc(Cl)c[nH]c3=O)CC2)c1. The van der Waals surface area contributed by atoms with Gasteiger partial charge in [-0.05, 0) is 30.7 Å². The molecule has 1 saturated heterocycles. The fourth-order valence-corrected chi connectivity index (χ4v) is 2.94. The van der Waals surface area contributed by atoms with Gasteiger partial charge >= 0.3 is 0 Å². The molecule has 1 aliphatic heterocycles. The van der Waals surface area contributed by atoms with Crippen molar-refractivity contribution < 1.29 is 4.79 Å². The first-order valence-corrected chi connectivity index (χ1v) is 7.91. The number of carbonyl (C=O) groups is 1. The standard InChI is InChI=1S/C17H18ClN3O2/c1-12-3-2-4-14(9-12)20-5-7-21(8-6-20)17(23)15-10-13(18)11-19-16(15)22/h2-4,9-11H,5-8H2,1H3,(H,19,22). The topological polar surface area (TPSA) is 56.4 Å². The van der Waals surface area contributed by atoms with Crippen LogP contribution in [0.15, 0.2) is 41.3 Å². The second-order valence-corrected chi connectivity index (χ2v) is 6.12. The van der Waals surface area contributed by atoms with Crippen LogP contribution in [0.1, 0.15) is 15.9 Å². The minimum absolute atomic E-state index is 0.0986. The summed E-state index contributed by atoms with van der Waals surface area (Å²) in [5.74, 6) is -0.266. The van der Waals surface area contributed by atoms with E-state index in [0.29, 0.717) is 18.1 Å². The number of aromatic amines is 1. The van der Waals surface area contributed by atoms with Gasteiger partial charge in [0, 0.05) is 38.1 Å². The average molecular weight is 332 g/mol. The van der Waals surface area contributed by atoms with Crippen molar-refractivity contribution in [2.45, 2.75) is 6.92 Å². The van der Waals surface area contributed by atoms with Crippen LogP contribution >= 0.6 is 11.6 Å². The van der Waals surface area contributed by atoms with Crippen molar-refractivity contribution >= 4 is 23.2 Å². The zero-order valence-corrected chi connectivity index (χ0v) is 13.6. The van der Waals surface area contributed by atoms with E-state index in [-0.39, 0.29) is 11.5 Å². The van der Waals surface area contributed by atoms with Crippen LogP contribution in [-0.4, -0.2) is 42.0 Å². The van der Waals surface area contributed by atoms with Gasteiger partial charge < -0.3 is 14.8 Å². The number of nitrogens with one attached hydrogen (secondary N) is 1. The Morgan fingerprint density at radius 3 is 2.61 bits per heavy atom. The summed E-state index contributed by atoms with van der Waals surface area (Å²) >= 11 is 5.87. The number of halogens is 1. The molecule has 1 N–H and O–H groups in total. The van der Waals surface area contributed by atoms with Gasteiger partial charge in [0.1, 0.15) is 5.56 Å². The summed E-state index contributed by atoms with van der Waals surface area (Å²) in [6.07, 6.45) is 1.39. The summed E-state index contributed by atoms with van der Waals surface area (Å²) in [5.41, 5.74) is 2.08. The van der Waals surface area contributed by atoms with Gasteiger partial charge in [-0.25, -0.2) is 0 Å². The first-order valence-electron chi connectivity index (χ1n) is 7.54. The van der Waals surface area contributed by atoms with E-state index in [4.69, 9.17) is 11.6 Å². The van der Waals surface area contributed by atoms with Crippen molar-refractivity contribution in [1.82, 2.24) is 9.88 Å². The van der Waals surface area contributed by atoms with Crippen LogP contribution in [-0.2, 0) is 0 Å².